The van der Waals surface area contributed by atoms with E-state index in [1.807, 2.05) is 0 Å². The van der Waals surface area contributed by atoms with Crippen molar-refractivity contribution in [2.24, 2.45) is 0 Å². The Hall–Kier alpha value is -9.06. The second-order valence-electron chi connectivity index (χ2n) is 17.1. The van der Waals surface area contributed by atoms with Gasteiger partial charge in [0.25, 0.3) is 0 Å². The quantitative estimate of drug-likeness (QED) is 0.153. The number of hydrogen-bond acceptors (Lipinski definition) is 3. The van der Waals surface area contributed by atoms with E-state index in [0.29, 0.717) is 11.8 Å². The lowest BCUT2D eigenvalue weighted by molar-refractivity contribution is 0.585. The van der Waals surface area contributed by atoms with E-state index in [1.54, 1.807) is 0 Å². The van der Waals surface area contributed by atoms with Crippen LogP contribution in [-0.2, 0) is 0 Å². The summed E-state index contributed by atoms with van der Waals surface area (Å²) in [6.45, 7) is 0. The molecular weight excluding hydrogens is 817 g/mol. The van der Waals surface area contributed by atoms with Gasteiger partial charge < -0.3 is 13.6 Å². The lowest BCUT2D eigenvalue weighted by Crippen LogP contribution is -1.96. The Kier molecular flexibility index (Phi) is 9.10. The Morgan fingerprint density at radius 2 is 0.687 bits per heavy atom. The van der Waals surface area contributed by atoms with Crippen LogP contribution in [0.25, 0.3) is 122 Å². The van der Waals surface area contributed by atoms with Gasteiger partial charge in [-0.15, -0.1) is 10.2 Å². The number of hydrogen-bond donors (Lipinski definition) is 0. The average Bonchev–Trinajstić information content (AvgIpc) is 4.13. The summed E-state index contributed by atoms with van der Waals surface area (Å²) in [7, 11) is 0. The molecule has 0 amide bonds. The number of aromatic nitrogens is 4. The van der Waals surface area contributed by atoms with Gasteiger partial charge in [-0.05, 0) is 117 Å². The zero-order valence-corrected chi connectivity index (χ0v) is 36.3. The van der Waals surface area contributed by atoms with Gasteiger partial charge in [-0.3, -0.25) is 0 Å². The van der Waals surface area contributed by atoms with Gasteiger partial charge in [0.05, 0.1) is 22.1 Å². The Morgan fingerprint density at radius 3 is 1.22 bits per heavy atom. The van der Waals surface area contributed by atoms with Crippen LogP contribution in [0.3, 0.4) is 0 Å². The monoisotopic (exact) mass is 856 g/mol. The summed E-state index contributed by atoms with van der Waals surface area (Å²) in [5.41, 5.74) is 17.5. The molecule has 3 heterocycles. The highest BCUT2D eigenvalue weighted by Gasteiger charge is 2.22. The molecule has 0 radical (unpaired) electrons. The average molecular weight is 857 g/mol. The summed E-state index contributed by atoms with van der Waals surface area (Å²) in [5, 5.41) is 14.0. The van der Waals surface area contributed by atoms with Crippen molar-refractivity contribution in [2.75, 3.05) is 0 Å². The minimum Gasteiger partial charge on any atom is -0.416 e. The predicted molar refractivity (Wildman–Crippen MR) is 276 cm³/mol. The molecule has 0 N–H and O–H groups in total. The topological polar surface area (TPSA) is 48.8 Å². The van der Waals surface area contributed by atoms with Gasteiger partial charge in [-0.1, -0.05) is 170 Å². The molecule has 0 aliphatic rings. The first-order valence-corrected chi connectivity index (χ1v) is 22.6. The van der Waals surface area contributed by atoms with Crippen molar-refractivity contribution in [1.29, 1.82) is 0 Å². The fraction of sp³-hybridized carbons (Fsp3) is 0. The Labute approximate surface area is 387 Å². The van der Waals surface area contributed by atoms with Crippen LogP contribution in [0.4, 0.5) is 0 Å². The van der Waals surface area contributed by atoms with E-state index in [1.165, 1.54) is 5.39 Å². The zero-order chi connectivity index (χ0) is 44.3. The SMILES string of the molecule is c1ccc(-c2cc(-c3ccccc3)cc(-n3c4ccccc4c4ccc(-c5nnc(-c6cccc7c6c6ccccc6n7-c6cc(-c7ccccc7)cc(-c7ccccc7)c6)o5)cc43)c2)cc1. The molecule has 0 aliphatic carbocycles. The summed E-state index contributed by atoms with van der Waals surface area (Å²) in [6, 6.07) is 86.3. The molecule has 13 rings (SSSR count). The zero-order valence-electron chi connectivity index (χ0n) is 36.3. The standard InChI is InChI=1S/C62H40N4O/c1-5-18-41(19-6-1)46-34-47(42-20-7-2-8-21-42)37-50(36-46)65-57-30-16-14-27-54(57)60-55(28-17-31-58(60)65)62-64-63-61(67-62)45-32-33-53-52-26-13-15-29-56(52)66(59(53)40-45)51-38-48(43-22-9-3-10-23-43)35-49(39-51)44-24-11-4-12-25-44/h1-40H. The Balaban J connectivity index is 0.961. The summed E-state index contributed by atoms with van der Waals surface area (Å²) in [4.78, 5) is 0. The molecule has 13 aromatic rings. The molecule has 67 heavy (non-hydrogen) atoms. The molecule has 314 valence electrons. The van der Waals surface area contributed by atoms with Crippen LogP contribution in [0, 0.1) is 0 Å². The van der Waals surface area contributed by atoms with Gasteiger partial charge in [0.15, 0.2) is 0 Å². The highest BCUT2D eigenvalue weighted by Crippen LogP contribution is 2.42. The first-order valence-electron chi connectivity index (χ1n) is 22.6. The first kappa shape index (κ1) is 38.4. The lowest BCUT2D eigenvalue weighted by atomic mass is 9.98. The summed E-state index contributed by atoms with van der Waals surface area (Å²) < 4.78 is 11.5. The van der Waals surface area contributed by atoms with E-state index in [-0.39, 0.29) is 0 Å². The number of rotatable bonds is 8. The fourth-order valence-electron chi connectivity index (χ4n) is 9.98. The third kappa shape index (κ3) is 6.64. The van der Waals surface area contributed by atoms with Gasteiger partial charge in [0, 0.05) is 44.0 Å². The van der Waals surface area contributed by atoms with Crippen molar-refractivity contribution in [3.05, 3.63) is 243 Å². The third-order valence-corrected chi connectivity index (χ3v) is 13.1. The van der Waals surface area contributed by atoms with Crippen molar-refractivity contribution in [3.8, 4) is 78.8 Å². The van der Waals surface area contributed by atoms with Crippen molar-refractivity contribution in [2.45, 2.75) is 0 Å². The lowest BCUT2D eigenvalue weighted by Gasteiger charge is -2.14. The van der Waals surface area contributed by atoms with Crippen LogP contribution in [0.2, 0.25) is 0 Å². The van der Waals surface area contributed by atoms with E-state index in [0.717, 1.165) is 105 Å². The maximum atomic E-state index is 6.76. The summed E-state index contributed by atoms with van der Waals surface area (Å²) in [5.74, 6) is 0.927. The minimum absolute atomic E-state index is 0.459. The van der Waals surface area contributed by atoms with Gasteiger partial charge in [0.1, 0.15) is 0 Å². The van der Waals surface area contributed by atoms with Gasteiger partial charge in [0.2, 0.25) is 11.8 Å². The van der Waals surface area contributed by atoms with Crippen molar-refractivity contribution >= 4 is 43.6 Å². The second-order valence-corrected chi connectivity index (χ2v) is 17.1. The van der Waals surface area contributed by atoms with E-state index in [9.17, 15) is 0 Å². The molecule has 0 aliphatic heterocycles. The molecular formula is C62H40N4O. The summed E-state index contributed by atoms with van der Waals surface area (Å²) in [6.07, 6.45) is 0. The van der Waals surface area contributed by atoms with Crippen LogP contribution in [0.1, 0.15) is 0 Å². The largest absolute Gasteiger partial charge is 0.416 e. The Bertz CT molecular complexity index is 3850. The van der Waals surface area contributed by atoms with Crippen LogP contribution < -0.4 is 0 Å². The number of nitrogens with zero attached hydrogens (tertiary/aromatic N) is 4. The Morgan fingerprint density at radius 1 is 0.269 bits per heavy atom. The molecule has 5 nitrogen and oxygen atoms in total. The molecule has 0 fully saturated rings. The number of benzene rings is 10. The molecule has 0 atom stereocenters. The van der Waals surface area contributed by atoms with E-state index in [2.05, 4.69) is 252 Å². The molecule has 0 bridgehead atoms. The second kappa shape index (κ2) is 15.9. The van der Waals surface area contributed by atoms with E-state index >= 15 is 0 Å². The van der Waals surface area contributed by atoms with Crippen molar-refractivity contribution in [1.82, 2.24) is 19.3 Å². The van der Waals surface area contributed by atoms with Crippen LogP contribution in [-0.4, -0.2) is 19.3 Å². The molecule has 5 heteroatoms. The van der Waals surface area contributed by atoms with Crippen molar-refractivity contribution < 1.29 is 4.42 Å². The minimum atomic E-state index is 0.459. The fourth-order valence-corrected chi connectivity index (χ4v) is 9.98. The molecule has 0 saturated heterocycles. The molecule has 0 spiro atoms. The maximum absolute atomic E-state index is 6.76. The van der Waals surface area contributed by atoms with Gasteiger partial charge in [-0.2, -0.15) is 0 Å². The highest BCUT2D eigenvalue weighted by atomic mass is 16.4. The molecule has 10 aromatic carbocycles. The number of para-hydroxylation sites is 2. The van der Waals surface area contributed by atoms with E-state index in [4.69, 9.17) is 14.6 Å². The van der Waals surface area contributed by atoms with Crippen LogP contribution in [0.15, 0.2) is 247 Å². The molecule has 0 saturated carbocycles. The van der Waals surface area contributed by atoms with E-state index < -0.39 is 0 Å². The summed E-state index contributed by atoms with van der Waals surface area (Å²) >= 11 is 0. The number of fused-ring (bicyclic) bond motifs is 6. The smallest absolute Gasteiger partial charge is 0.248 e. The highest BCUT2D eigenvalue weighted by molar-refractivity contribution is 6.15. The van der Waals surface area contributed by atoms with Crippen LogP contribution in [0.5, 0.6) is 0 Å². The maximum Gasteiger partial charge on any atom is 0.248 e. The van der Waals surface area contributed by atoms with Crippen molar-refractivity contribution in [3.63, 3.8) is 0 Å². The van der Waals surface area contributed by atoms with Gasteiger partial charge in [-0.25, -0.2) is 0 Å². The van der Waals surface area contributed by atoms with Gasteiger partial charge >= 0.3 is 0 Å². The predicted octanol–water partition coefficient (Wildman–Crippen LogP) is 16.3. The van der Waals surface area contributed by atoms with Crippen LogP contribution >= 0.6 is 0 Å². The normalized spacial score (nSPS) is 11.6. The third-order valence-electron chi connectivity index (χ3n) is 13.1. The molecule has 3 aromatic heterocycles. The first-order chi connectivity index (χ1) is 33.2. The molecule has 0 unspecified atom stereocenters.